The summed E-state index contributed by atoms with van der Waals surface area (Å²) in [4.78, 5) is 13.7. The normalized spacial score (nSPS) is 17.1. The van der Waals surface area contributed by atoms with Gasteiger partial charge < -0.3 is 15.4 Å². The van der Waals surface area contributed by atoms with Crippen LogP contribution in [0.4, 0.5) is 5.69 Å². The van der Waals surface area contributed by atoms with Crippen molar-refractivity contribution in [3.05, 3.63) is 29.8 Å². The van der Waals surface area contributed by atoms with Crippen molar-refractivity contribution in [2.75, 3.05) is 32.0 Å². The number of carbonyl (C=O) groups is 1. The molecule has 0 radical (unpaired) electrons. The maximum absolute atomic E-state index is 11.3. The largest absolute Gasteiger partial charge is 0.466 e. The number of nitrogen functional groups attached to an aromatic ring is 1. The first-order chi connectivity index (χ1) is 9.69. The Balaban J connectivity index is 1.75. The highest BCUT2D eigenvalue weighted by Crippen LogP contribution is 2.28. The SMILES string of the molecule is CCOC(=O)CCN1CCC(c2ccc(N)cc2)CC1. The number of esters is 1. The molecule has 110 valence electrons. The minimum absolute atomic E-state index is 0.0897. The van der Waals surface area contributed by atoms with Crippen molar-refractivity contribution in [2.45, 2.75) is 32.1 Å². The second kappa shape index (κ2) is 7.29. The maximum Gasteiger partial charge on any atom is 0.307 e. The van der Waals surface area contributed by atoms with Gasteiger partial charge in [-0.15, -0.1) is 0 Å². The second-order valence-electron chi connectivity index (χ2n) is 5.34. The van der Waals surface area contributed by atoms with Crippen LogP contribution in [0.25, 0.3) is 0 Å². The standard InChI is InChI=1S/C16H24N2O2/c1-2-20-16(19)9-12-18-10-7-14(8-11-18)13-3-5-15(17)6-4-13/h3-6,14H,2,7-12,17H2,1H3. The summed E-state index contributed by atoms with van der Waals surface area (Å²) in [5.74, 6) is 0.530. The lowest BCUT2D eigenvalue weighted by Gasteiger charge is -2.32. The lowest BCUT2D eigenvalue weighted by Crippen LogP contribution is -2.34. The smallest absolute Gasteiger partial charge is 0.307 e. The molecule has 1 aliphatic heterocycles. The second-order valence-corrected chi connectivity index (χ2v) is 5.34. The molecule has 1 saturated heterocycles. The average molecular weight is 276 g/mol. The van der Waals surface area contributed by atoms with Gasteiger partial charge in [-0.25, -0.2) is 0 Å². The van der Waals surface area contributed by atoms with E-state index in [1.54, 1.807) is 0 Å². The number of piperidine rings is 1. The van der Waals surface area contributed by atoms with E-state index in [9.17, 15) is 4.79 Å². The molecule has 1 fully saturated rings. The van der Waals surface area contributed by atoms with Crippen molar-refractivity contribution in [2.24, 2.45) is 0 Å². The summed E-state index contributed by atoms with van der Waals surface area (Å²) >= 11 is 0. The van der Waals surface area contributed by atoms with Crippen molar-refractivity contribution in [3.63, 3.8) is 0 Å². The number of anilines is 1. The summed E-state index contributed by atoms with van der Waals surface area (Å²) in [6.45, 7) is 5.23. The summed E-state index contributed by atoms with van der Waals surface area (Å²) in [5.41, 5.74) is 7.92. The number of rotatable bonds is 5. The van der Waals surface area contributed by atoms with Crippen molar-refractivity contribution >= 4 is 11.7 Å². The van der Waals surface area contributed by atoms with E-state index in [4.69, 9.17) is 10.5 Å². The highest BCUT2D eigenvalue weighted by atomic mass is 16.5. The molecular formula is C16H24N2O2. The predicted octanol–water partition coefficient (Wildman–Crippen LogP) is 2.40. The Hall–Kier alpha value is -1.55. The molecule has 4 nitrogen and oxygen atoms in total. The first-order valence-corrected chi connectivity index (χ1v) is 7.42. The molecule has 20 heavy (non-hydrogen) atoms. The van der Waals surface area contributed by atoms with Crippen LogP contribution in [0.3, 0.4) is 0 Å². The number of nitrogens with two attached hydrogens (primary N) is 1. The highest BCUT2D eigenvalue weighted by Gasteiger charge is 2.20. The van der Waals surface area contributed by atoms with Gasteiger partial charge in [-0.05, 0) is 56.5 Å². The van der Waals surface area contributed by atoms with Crippen molar-refractivity contribution in [3.8, 4) is 0 Å². The molecule has 0 aliphatic carbocycles. The lowest BCUT2D eigenvalue weighted by atomic mass is 9.89. The van der Waals surface area contributed by atoms with Gasteiger partial charge in [-0.2, -0.15) is 0 Å². The van der Waals surface area contributed by atoms with Crippen LogP contribution in [-0.2, 0) is 9.53 Å². The van der Waals surface area contributed by atoms with Crippen LogP contribution < -0.4 is 5.73 Å². The first-order valence-electron chi connectivity index (χ1n) is 7.42. The molecule has 0 amide bonds. The highest BCUT2D eigenvalue weighted by molar-refractivity contribution is 5.69. The number of ether oxygens (including phenoxy) is 1. The van der Waals surface area contributed by atoms with E-state index in [0.29, 0.717) is 18.9 Å². The summed E-state index contributed by atoms with van der Waals surface area (Å²) in [6, 6.07) is 8.22. The summed E-state index contributed by atoms with van der Waals surface area (Å²) in [5, 5.41) is 0. The van der Waals surface area contributed by atoms with E-state index in [-0.39, 0.29) is 5.97 Å². The zero-order chi connectivity index (χ0) is 14.4. The molecule has 1 aromatic carbocycles. The van der Waals surface area contributed by atoms with Crippen LogP contribution in [0, 0.1) is 0 Å². The van der Waals surface area contributed by atoms with Crippen LogP contribution in [0.15, 0.2) is 24.3 Å². The molecule has 0 bridgehead atoms. The molecule has 2 rings (SSSR count). The summed E-state index contributed by atoms with van der Waals surface area (Å²) < 4.78 is 4.96. The third-order valence-electron chi connectivity index (χ3n) is 3.93. The Labute approximate surface area is 120 Å². The van der Waals surface area contributed by atoms with Crippen LogP contribution in [0.2, 0.25) is 0 Å². The minimum atomic E-state index is -0.0897. The third kappa shape index (κ3) is 4.23. The fourth-order valence-electron chi connectivity index (χ4n) is 2.74. The van der Waals surface area contributed by atoms with Gasteiger partial charge in [0.15, 0.2) is 0 Å². The van der Waals surface area contributed by atoms with Gasteiger partial charge in [0.25, 0.3) is 0 Å². The van der Waals surface area contributed by atoms with Gasteiger partial charge >= 0.3 is 5.97 Å². The van der Waals surface area contributed by atoms with Crippen molar-refractivity contribution in [1.29, 1.82) is 0 Å². The summed E-state index contributed by atoms with van der Waals surface area (Å²) in [7, 11) is 0. The average Bonchev–Trinajstić information content (AvgIpc) is 2.47. The Kier molecular flexibility index (Phi) is 5.41. The zero-order valence-corrected chi connectivity index (χ0v) is 12.2. The molecule has 1 aliphatic rings. The zero-order valence-electron chi connectivity index (χ0n) is 12.2. The number of hydrogen-bond acceptors (Lipinski definition) is 4. The van der Waals surface area contributed by atoms with E-state index >= 15 is 0 Å². The minimum Gasteiger partial charge on any atom is -0.466 e. The number of nitrogens with zero attached hydrogens (tertiary/aromatic N) is 1. The third-order valence-corrected chi connectivity index (χ3v) is 3.93. The quantitative estimate of drug-likeness (QED) is 0.663. The van der Waals surface area contributed by atoms with E-state index in [1.165, 1.54) is 5.56 Å². The van der Waals surface area contributed by atoms with Gasteiger partial charge in [0.2, 0.25) is 0 Å². The number of likely N-dealkylation sites (tertiary alicyclic amines) is 1. The summed E-state index contributed by atoms with van der Waals surface area (Å²) in [6.07, 6.45) is 2.79. The Morgan fingerprint density at radius 2 is 1.95 bits per heavy atom. The molecule has 4 heteroatoms. The molecule has 1 heterocycles. The molecule has 2 N–H and O–H groups in total. The van der Waals surface area contributed by atoms with E-state index < -0.39 is 0 Å². The number of carbonyl (C=O) groups excluding carboxylic acids is 1. The van der Waals surface area contributed by atoms with Crippen LogP contribution in [0.1, 0.15) is 37.7 Å². The van der Waals surface area contributed by atoms with Crippen molar-refractivity contribution < 1.29 is 9.53 Å². The Bertz CT molecular complexity index is 423. The van der Waals surface area contributed by atoms with Gasteiger partial charge in [-0.3, -0.25) is 4.79 Å². The van der Waals surface area contributed by atoms with E-state index in [1.807, 2.05) is 19.1 Å². The van der Waals surface area contributed by atoms with Gasteiger partial charge in [0.05, 0.1) is 13.0 Å². The van der Waals surface area contributed by atoms with Crippen LogP contribution in [-0.4, -0.2) is 37.1 Å². The molecule has 0 aromatic heterocycles. The first kappa shape index (κ1) is 14.9. The Morgan fingerprint density at radius 1 is 1.30 bits per heavy atom. The fourth-order valence-corrected chi connectivity index (χ4v) is 2.74. The van der Waals surface area contributed by atoms with Crippen molar-refractivity contribution in [1.82, 2.24) is 4.90 Å². The number of hydrogen-bond donors (Lipinski definition) is 1. The molecule has 1 aromatic rings. The molecule has 0 saturated carbocycles. The monoisotopic (exact) mass is 276 g/mol. The van der Waals surface area contributed by atoms with Gasteiger partial charge in [0.1, 0.15) is 0 Å². The van der Waals surface area contributed by atoms with Crippen LogP contribution in [0.5, 0.6) is 0 Å². The van der Waals surface area contributed by atoms with E-state index in [2.05, 4.69) is 17.0 Å². The molecule has 0 atom stereocenters. The lowest BCUT2D eigenvalue weighted by molar-refractivity contribution is -0.143. The fraction of sp³-hybridized carbons (Fsp3) is 0.562. The number of benzene rings is 1. The van der Waals surface area contributed by atoms with Gasteiger partial charge in [0, 0.05) is 12.2 Å². The van der Waals surface area contributed by atoms with Crippen LogP contribution >= 0.6 is 0 Å². The molecule has 0 spiro atoms. The van der Waals surface area contributed by atoms with Gasteiger partial charge in [-0.1, -0.05) is 12.1 Å². The van der Waals surface area contributed by atoms with E-state index in [0.717, 1.165) is 38.2 Å². The topological polar surface area (TPSA) is 55.6 Å². The molecular weight excluding hydrogens is 252 g/mol. The Morgan fingerprint density at radius 3 is 2.55 bits per heavy atom. The molecule has 0 unspecified atom stereocenters. The maximum atomic E-state index is 11.3. The predicted molar refractivity (Wildman–Crippen MR) is 80.5 cm³/mol.